The van der Waals surface area contributed by atoms with Crippen molar-refractivity contribution in [3.05, 3.63) is 35.8 Å². The van der Waals surface area contributed by atoms with Crippen molar-refractivity contribution in [2.75, 3.05) is 25.0 Å². The maximum absolute atomic E-state index is 13.3. The van der Waals surface area contributed by atoms with Crippen molar-refractivity contribution in [3.63, 3.8) is 0 Å². The summed E-state index contributed by atoms with van der Waals surface area (Å²) in [6.45, 7) is 5.85. The van der Waals surface area contributed by atoms with E-state index in [1.54, 1.807) is 28.8 Å². The zero-order valence-corrected chi connectivity index (χ0v) is 15.5. The lowest BCUT2D eigenvalue weighted by molar-refractivity contribution is 0.0718. The number of urea groups is 1. The molecular formula is C19H25FN4O2. The van der Waals surface area contributed by atoms with E-state index in [0.29, 0.717) is 31.9 Å². The first-order chi connectivity index (χ1) is 12.5. The molecule has 0 saturated carbocycles. The minimum atomic E-state index is -0.292. The first kappa shape index (κ1) is 18.4. The Kier molecular flexibility index (Phi) is 5.56. The molecule has 1 aromatic carbocycles. The van der Waals surface area contributed by atoms with Gasteiger partial charge in [0.2, 0.25) is 0 Å². The fourth-order valence-electron chi connectivity index (χ4n) is 3.25. The predicted octanol–water partition coefficient (Wildman–Crippen LogP) is 3.43. The van der Waals surface area contributed by atoms with E-state index in [1.165, 1.54) is 12.1 Å². The number of halogens is 1. The summed E-state index contributed by atoms with van der Waals surface area (Å²) in [5.41, 5.74) is 2.53. The number of hydrogen-bond donors (Lipinski definition) is 1. The van der Waals surface area contributed by atoms with E-state index < -0.39 is 0 Å². The number of aromatic nitrogens is 2. The standard InChI is InChI=1S/C19H25FN4O2/c1-4-16-17(14-6-8-15(20)9-7-14)18(23(3)22-16)21-19(25)24-10-5-11-26-13(2)12-24/h6-9,13H,4-5,10-12H2,1-3H3,(H,21,25). The Morgan fingerprint density at radius 3 is 2.81 bits per heavy atom. The van der Waals surface area contributed by atoms with Crippen LogP contribution in [0, 0.1) is 5.82 Å². The molecule has 1 N–H and O–H groups in total. The van der Waals surface area contributed by atoms with Gasteiger partial charge < -0.3 is 9.64 Å². The smallest absolute Gasteiger partial charge is 0.323 e. The molecule has 6 nitrogen and oxygen atoms in total. The number of nitrogens with zero attached hydrogens (tertiary/aromatic N) is 3. The largest absolute Gasteiger partial charge is 0.377 e. The van der Waals surface area contributed by atoms with Crippen molar-refractivity contribution >= 4 is 11.8 Å². The summed E-state index contributed by atoms with van der Waals surface area (Å²) in [7, 11) is 1.80. The molecule has 3 rings (SSSR count). The van der Waals surface area contributed by atoms with Crippen LogP contribution in [0.15, 0.2) is 24.3 Å². The topological polar surface area (TPSA) is 59.4 Å². The molecule has 26 heavy (non-hydrogen) atoms. The molecule has 2 aromatic rings. The van der Waals surface area contributed by atoms with Gasteiger partial charge in [-0.15, -0.1) is 0 Å². The maximum Gasteiger partial charge on any atom is 0.323 e. The zero-order chi connectivity index (χ0) is 18.7. The molecule has 0 aliphatic carbocycles. The van der Waals surface area contributed by atoms with Crippen LogP contribution in [0.1, 0.15) is 26.0 Å². The Balaban J connectivity index is 1.90. The number of benzene rings is 1. The molecule has 140 valence electrons. The van der Waals surface area contributed by atoms with Gasteiger partial charge in [-0.3, -0.25) is 10.00 Å². The van der Waals surface area contributed by atoms with Crippen molar-refractivity contribution in [1.29, 1.82) is 0 Å². The molecule has 2 amide bonds. The van der Waals surface area contributed by atoms with E-state index in [0.717, 1.165) is 23.2 Å². The molecule has 7 heteroatoms. The lowest BCUT2D eigenvalue weighted by Crippen LogP contribution is -2.39. The number of amides is 2. The Morgan fingerprint density at radius 1 is 1.38 bits per heavy atom. The summed E-state index contributed by atoms with van der Waals surface area (Å²) in [5, 5.41) is 7.53. The normalized spacial score (nSPS) is 17.8. The van der Waals surface area contributed by atoms with Crippen molar-refractivity contribution in [2.24, 2.45) is 7.05 Å². The van der Waals surface area contributed by atoms with Crippen molar-refractivity contribution < 1.29 is 13.9 Å². The molecular weight excluding hydrogens is 335 g/mol. The summed E-state index contributed by atoms with van der Waals surface area (Å²) in [4.78, 5) is 14.6. The number of hydrogen-bond acceptors (Lipinski definition) is 3. The highest BCUT2D eigenvalue weighted by atomic mass is 19.1. The third-order valence-corrected chi connectivity index (χ3v) is 4.55. The van der Waals surface area contributed by atoms with Gasteiger partial charge in [-0.2, -0.15) is 5.10 Å². The highest BCUT2D eigenvalue weighted by Gasteiger charge is 2.24. The number of ether oxygens (including phenoxy) is 1. The van der Waals surface area contributed by atoms with Crippen LogP contribution in [-0.2, 0) is 18.2 Å². The van der Waals surface area contributed by atoms with Crippen molar-refractivity contribution in [2.45, 2.75) is 32.8 Å². The van der Waals surface area contributed by atoms with Gasteiger partial charge in [-0.05, 0) is 37.5 Å². The molecule has 1 unspecified atom stereocenters. The lowest BCUT2D eigenvalue weighted by Gasteiger charge is -2.23. The fraction of sp³-hybridized carbons (Fsp3) is 0.474. The van der Waals surface area contributed by atoms with Crippen molar-refractivity contribution in [1.82, 2.24) is 14.7 Å². The van der Waals surface area contributed by atoms with Crippen LogP contribution < -0.4 is 5.32 Å². The van der Waals surface area contributed by atoms with E-state index in [9.17, 15) is 9.18 Å². The lowest BCUT2D eigenvalue weighted by atomic mass is 10.0. The third-order valence-electron chi connectivity index (χ3n) is 4.55. The van der Waals surface area contributed by atoms with Crippen LogP contribution in [0.3, 0.4) is 0 Å². The molecule has 1 aromatic heterocycles. The van der Waals surface area contributed by atoms with Crippen LogP contribution in [0.4, 0.5) is 15.0 Å². The number of aryl methyl sites for hydroxylation is 2. The Morgan fingerprint density at radius 2 is 2.12 bits per heavy atom. The number of anilines is 1. The quantitative estimate of drug-likeness (QED) is 0.912. The molecule has 2 heterocycles. The molecule has 1 saturated heterocycles. The Hall–Kier alpha value is -2.41. The van der Waals surface area contributed by atoms with Crippen LogP contribution in [0.25, 0.3) is 11.1 Å². The zero-order valence-electron chi connectivity index (χ0n) is 15.5. The summed E-state index contributed by atoms with van der Waals surface area (Å²) in [6, 6.07) is 6.09. The second-order valence-corrected chi connectivity index (χ2v) is 6.57. The molecule has 1 aliphatic rings. The fourth-order valence-corrected chi connectivity index (χ4v) is 3.25. The highest BCUT2D eigenvalue weighted by Crippen LogP contribution is 2.32. The highest BCUT2D eigenvalue weighted by molar-refractivity contribution is 5.94. The van der Waals surface area contributed by atoms with Gasteiger partial charge in [-0.1, -0.05) is 19.1 Å². The molecule has 0 spiro atoms. The predicted molar refractivity (Wildman–Crippen MR) is 98.6 cm³/mol. The first-order valence-corrected chi connectivity index (χ1v) is 8.99. The average molecular weight is 360 g/mol. The number of nitrogens with one attached hydrogen (secondary N) is 1. The van der Waals surface area contributed by atoms with Gasteiger partial charge in [0.1, 0.15) is 11.6 Å². The van der Waals surface area contributed by atoms with E-state index in [-0.39, 0.29) is 18.0 Å². The monoisotopic (exact) mass is 360 g/mol. The third kappa shape index (κ3) is 3.88. The van der Waals surface area contributed by atoms with Gasteiger partial charge in [-0.25, -0.2) is 9.18 Å². The number of carbonyl (C=O) groups excluding carboxylic acids is 1. The van der Waals surface area contributed by atoms with Crippen molar-refractivity contribution in [3.8, 4) is 11.1 Å². The molecule has 0 radical (unpaired) electrons. The van der Waals surface area contributed by atoms with Crippen LogP contribution in [0.5, 0.6) is 0 Å². The summed E-state index contributed by atoms with van der Waals surface area (Å²) < 4.78 is 20.6. The van der Waals surface area contributed by atoms with E-state index in [2.05, 4.69) is 10.4 Å². The van der Waals surface area contributed by atoms with Crippen LogP contribution in [0.2, 0.25) is 0 Å². The summed E-state index contributed by atoms with van der Waals surface area (Å²) in [6.07, 6.45) is 1.54. The van der Waals surface area contributed by atoms with Gasteiger partial charge in [0, 0.05) is 32.3 Å². The van der Waals surface area contributed by atoms with Crippen LogP contribution in [-0.4, -0.2) is 46.5 Å². The summed E-state index contributed by atoms with van der Waals surface area (Å²) in [5.74, 6) is 0.330. The Bertz CT molecular complexity index is 773. The maximum atomic E-state index is 13.3. The average Bonchev–Trinajstić information content (AvgIpc) is 2.79. The van der Waals surface area contributed by atoms with Gasteiger partial charge >= 0.3 is 6.03 Å². The van der Waals surface area contributed by atoms with E-state index >= 15 is 0 Å². The molecule has 1 aliphatic heterocycles. The van der Waals surface area contributed by atoms with E-state index in [1.807, 2.05) is 13.8 Å². The van der Waals surface area contributed by atoms with Gasteiger partial charge in [0.05, 0.1) is 11.8 Å². The number of carbonyl (C=O) groups is 1. The minimum Gasteiger partial charge on any atom is -0.377 e. The second kappa shape index (κ2) is 7.86. The second-order valence-electron chi connectivity index (χ2n) is 6.57. The molecule has 0 bridgehead atoms. The Labute approximate surface area is 152 Å². The minimum absolute atomic E-state index is 0.0116. The van der Waals surface area contributed by atoms with Gasteiger partial charge in [0.15, 0.2) is 0 Å². The summed E-state index contributed by atoms with van der Waals surface area (Å²) >= 11 is 0. The SMILES string of the molecule is CCc1nn(C)c(NC(=O)N2CCCOC(C)C2)c1-c1ccc(F)cc1. The molecule has 1 atom stereocenters. The van der Waals surface area contributed by atoms with Crippen LogP contribution >= 0.6 is 0 Å². The van der Waals surface area contributed by atoms with Gasteiger partial charge in [0.25, 0.3) is 0 Å². The molecule has 1 fully saturated rings. The van der Waals surface area contributed by atoms with E-state index in [4.69, 9.17) is 4.74 Å². The first-order valence-electron chi connectivity index (χ1n) is 8.99. The number of rotatable bonds is 3.